The van der Waals surface area contributed by atoms with E-state index in [9.17, 15) is 5.11 Å². The molecule has 6 nitrogen and oxygen atoms in total. The quantitative estimate of drug-likeness (QED) is 0.298. The Morgan fingerprint density at radius 3 is 2.71 bits per heavy atom. The molecule has 0 amide bonds. The first-order valence-electron chi connectivity index (χ1n) is 8.93. The molecule has 4 unspecified atom stereocenters. The van der Waals surface area contributed by atoms with E-state index in [4.69, 9.17) is 11.5 Å². The maximum Gasteiger partial charge on any atom is 0.211 e. The van der Waals surface area contributed by atoms with Crippen LogP contribution in [0.3, 0.4) is 0 Å². The van der Waals surface area contributed by atoms with Gasteiger partial charge in [0.15, 0.2) is 0 Å². The maximum atomic E-state index is 11.3. The first kappa shape index (κ1) is 18.9. The molecule has 0 aliphatic heterocycles. The summed E-state index contributed by atoms with van der Waals surface area (Å²) in [6, 6.07) is 0. The third kappa shape index (κ3) is 4.16. The van der Waals surface area contributed by atoms with Crippen molar-refractivity contribution in [2.45, 2.75) is 51.0 Å². The average molecular weight is 335 g/mol. The van der Waals surface area contributed by atoms with Crippen LogP contribution in [0.25, 0.3) is 0 Å². The highest BCUT2D eigenvalue weighted by molar-refractivity contribution is 5.76. The van der Waals surface area contributed by atoms with E-state index in [1.807, 2.05) is 6.21 Å². The fourth-order valence-corrected chi connectivity index (χ4v) is 4.32. The van der Waals surface area contributed by atoms with Crippen LogP contribution < -0.4 is 11.5 Å². The summed E-state index contributed by atoms with van der Waals surface area (Å²) in [5.74, 6) is 0.666. The first-order chi connectivity index (χ1) is 11.3. The van der Waals surface area contributed by atoms with Crippen molar-refractivity contribution in [1.29, 1.82) is 0 Å². The lowest BCUT2D eigenvalue weighted by atomic mass is 9.60. The molecular weight excluding hydrogens is 302 g/mol. The lowest BCUT2D eigenvalue weighted by molar-refractivity contribution is -0.0997. The molecule has 136 valence electrons. The van der Waals surface area contributed by atoms with Gasteiger partial charge in [0.05, 0.1) is 5.60 Å². The van der Waals surface area contributed by atoms with Crippen molar-refractivity contribution >= 4 is 12.2 Å². The van der Waals surface area contributed by atoms with Crippen LogP contribution in [-0.2, 0) is 0 Å². The van der Waals surface area contributed by atoms with E-state index < -0.39 is 5.60 Å². The molecule has 5 N–H and O–H groups in total. The van der Waals surface area contributed by atoms with E-state index in [1.165, 1.54) is 0 Å². The molecule has 2 fully saturated rings. The summed E-state index contributed by atoms with van der Waals surface area (Å²) >= 11 is 0. The fraction of sp³-hybridized carbons (Fsp3) is 0.778. The molecule has 0 aromatic rings. The van der Waals surface area contributed by atoms with Gasteiger partial charge in [0.25, 0.3) is 0 Å². The van der Waals surface area contributed by atoms with Gasteiger partial charge in [-0.05, 0) is 58.5 Å². The summed E-state index contributed by atoms with van der Waals surface area (Å²) in [5.41, 5.74) is 9.88. The minimum atomic E-state index is -0.615. The minimum Gasteiger partial charge on any atom is -0.389 e. The predicted molar refractivity (Wildman–Crippen MR) is 99.7 cm³/mol. The third-order valence-corrected chi connectivity index (χ3v) is 5.96. The normalized spacial score (nSPS) is 36.5. The van der Waals surface area contributed by atoms with Gasteiger partial charge in [-0.25, -0.2) is 0 Å². The molecule has 0 aromatic carbocycles. The number of nitrogens with two attached hydrogens (primary N) is 2. The van der Waals surface area contributed by atoms with E-state index in [0.717, 1.165) is 45.1 Å². The number of hydrogen-bond donors (Lipinski definition) is 3. The number of aliphatic hydroxyl groups is 1. The lowest BCUT2D eigenvalue weighted by Gasteiger charge is -2.48. The lowest BCUT2D eigenvalue weighted by Crippen LogP contribution is -2.49. The molecule has 2 rings (SSSR count). The summed E-state index contributed by atoms with van der Waals surface area (Å²) in [7, 11) is 4.18. The molecule has 4 atom stereocenters. The summed E-state index contributed by atoms with van der Waals surface area (Å²) in [6.07, 6.45) is 12.2. The van der Waals surface area contributed by atoms with E-state index in [1.54, 1.807) is 0 Å². The Bertz CT molecular complexity index is 512. The predicted octanol–water partition coefficient (Wildman–Crippen LogP) is 1.70. The molecule has 0 radical (unpaired) electrons. The first-order valence-corrected chi connectivity index (χ1v) is 8.93. The Labute approximate surface area is 145 Å². The van der Waals surface area contributed by atoms with E-state index >= 15 is 0 Å². The van der Waals surface area contributed by atoms with Crippen LogP contribution >= 0.6 is 0 Å². The second kappa shape index (κ2) is 7.66. The molecule has 0 aromatic heterocycles. The monoisotopic (exact) mass is 335 g/mol. The van der Waals surface area contributed by atoms with Crippen molar-refractivity contribution in [1.82, 2.24) is 4.90 Å². The van der Waals surface area contributed by atoms with E-state index in [0.29, 0.717) is 5.92 Å². The topological polar surface area (TPSA) is 100 Å². The zero-order valence-corrected chi connectivity index (χ0v) is 15.3. The van der Waals surface area contributed by atoms with Gasteiger partial charge >= 0.3 is 0 Å². The summed E-state index contributed by atoms with van der Waals surface area (Å²) in [4.78, 5) is 2.19. The fourth-order valence-electron chi connectivity index (χ4n) is 4.32. The van der Waals surface area contributed by atoms with Crippen LogP contribution in [0.15, 0.2) is 22.4 Å². The molecule has 0 saturated heterocycles. The number of hydrogen-bond acceptors (Lipinski definition) is 4. The molecule has 0 heterocycles. The molecular formula is C18H33N5O. The van der Waals surface area contributed by atoms with Crippen molar-refractivity contribution in [2.24, 2.45) is 38.9 Å². The van der Waals surface area contributed by atoms with Crippen LogP contribution in [0.1, 0.15) is 45.4 Å². The van der Waals surface area contributed by atoms with Crippen molar-refractivity contribution in [3.8, 4) is 0 Å². The number of nitrogens with zero attached hydrogens (tertiary/aromatic N) is 3. The van der Waals surface area contributed by atoms with Gasteiger partial charge in [0, 0.05) is 24.1 Å². The SMILES string of the molecule is CN(C)CC/C=C/C1CCC2(C)C(/C=N/N=C(N)N)CCC2(O)C1. The van der Waals surface area contributed by atoms with Crippen LogP contribution in [0.2, 0.25) is 0 Å². The van der Waals surface area contributed by atoms with Crippen LogP contribution in [0.5, 0.6) is 0 Å². The zero-order valence-electron chi connectivity index (χ0n) is 15.3. The zero-order chi connectivity index (χ0) is 17.8. The van der Waals surface area contributed by atoms with Crippen molar-refractivity contribution < 1.29 is 5.11 Å². The van der Waals surface area contributed by atoms with Gasteiger partial charge in [0.1, 0.15) is 0 Å². The minimum absolute atomic E-state index is 0.0313. The van der Waals surface area contributed by atoms with Crippen LogP contribution in [0, 0.1) is 17.3 Å². The number of fused-ring (bicyclic) bond motifs is 1. The second-order valence-corrected chi connectivity index (χ2v) is 7.91. The Morgan fingerprint density at radius 2 is 2.04 bits per heavy atom. The standard InChI is InChI=1S/C18H33N5O/c1-17-9-7-14(6-4-5-11-23(2)3)12-18(17,24)10-8-15(17)13-21-22-16(19)20/h4,6,13-15,24H,5,7-12H2,1-3H3,(H4,19,20,22)/b6-4+,21-13+. The van der Waals surface area contributed by atoms with E-state index in [2.05, 4.69) is 48.3 Å². The Morgan fingerprint density at radius 1 is 1.29 bits per heavy atom. The largest absolute Gasteiger partial charge is 0.389 e. The molecule has 2 aliphatic rings. The Kier molecular flexibility index (Phi) is 6.04. The van der Waals surface area contributed by atoms with Gasteiger partial charge in [-0.2, -0.15) is 5.10 Å². The van der Waals surface area contributed by atoms with Gasteiger partial charge in [-0.15, -0.1) is 5.10 Å². The van der Waals surface area contributed by atoms with Crippen molar-refractivity contribution in [3.63, 3.8) is 0 Å². The summed E-state index contributed by atoms with van der Waals surface area (Å²) < 4.78 is 0. The maximum absolute atomic E-state index is 11.3. The number of rotatable bonds is 6. The summed E-state index contributed by atoms with van der Waals surface area (Å²) in [5, 5.41) is 19.0. The molecule has 2 saturated carbocycles. The van der Waals surface area contributed by atoms with Crippen LogP contribution in [0.4, 0.5) is 0 Å². The number of guanidine groups is 1. The summed E-state index contributed by atoms with van der Waals surface area (Å²) in [6.45, 7) is 3.26. The van der Waals surface area contributed by atoms with Crippen LogP contribution in [-0.4, -0.2) is 48.4 Å². The third-order valence-electron chi connectivity index (χ3n) is 5.96. The highest BCUT2D eigenvalue weighted by Gasteiger charge is 2.58. The molecule has 0 bridgehead atoms. The number of allylic oxidation sites excluding steroid dienone is 1. The molecule has 6 heteroatoms. The Balaban J connectivity index is 1.99. The van der Waals surface area contributed by atoms with Gasteiger partial charge < -0.3 is 21.5 Å². The molecule has 2 aliphatic carbocycles. The van der Waals surface area contributed by atoms with Crippen molar-refractivity contribution in [3.05, 3.63) is 12.2 Å². The van der Waals surface area contributed by atoms with Gasteiger partial charge in [0.2, 0.25) is 5.96 Å². The second-order valence-electron chi connectivity index (χ2n) is 7.91. The highest BCUT2D eigenvalue weighted by Crippen LogP contribution is 2.58. The Hall–Kier alpha value is -1.40. The van der Waals surface area contributed by atoms with Crippen molar-refractivity contribution in [2.75, 3.05) is 20.6 Å². The highest BCUT2D eigenvalue weighted by atomic mass is 16.3. The molecule has 24 heavy (non-hydrogen) atoms. The van der Waals surface area contributed by atoms with Gasteiger partial charge in [-0.1, -0.05) is 19.1 Å². The molecule has 0 spiro atoms. The smallest absolute Gasteiger partial charge is 0.211 e. The van der Waals surface area contributed by atoms with E-state index in [-0.39, 0.29) is 17.3 Å². The van der Waals surface area contributed by atoms with Gasteiger partial charge in [-0.3, -0.25) is 0 Å². The average Bonchev–Trinajstić information content (AvgIpc) is 2.75.